The molecular weight excluding hydrogens is 516 g/mol. The van der Waals surface area contributed by atoms with E-state index in [0.29, 0.717) is 25.9 Å². The second kappa shape index (κ2) is 13.8. The number of piperidine rings is 1. The van der Waals surface area contributed by atoms with Gasteiger partial charge in [0.05, 0.1) is 30.1 Å². The zero-order valence-electron chi connectivity index (χ0n) is 24.2. The van der Waals surface area contributed by atoms with Crippen LogP contribution in [0.1, 0.15) is 68.5 Å². The Bertz CT molecular complexity index is 1200. The summed E-state index contributed by atoms with van der Waals surface area (Å²) < 4.78 is 45.6. The monoisotopic (exact) mass is 560 g/mol. The lowest BCUT2D eigenvalue weighted by molar-refractivity contribution is -0.152. The topological polar surface area (TPSA) is 95.0 Å². The number of esters is 1. The average molecular weight is 561 g/mol. The Morgan fingerprint density at radius 1 is 1.08 bits per heavy atom. The van der Waals surface area contributed by atoms with E-state index in [1.165, 1.54) is 11.4 Å². The van der Waals surface area contributed by atoms with Crippen molar-refractivity contribution in [2.45, 2.75) is 89.9 Å². The highest BCUT2D eigenvalue weighted by Crippen LogP contribution is 2.35. The number of carbonyl (C=O) groups excluding carboxylic acids is 1. The van der Waals surface area contributed by atoms with Crippen molar-refractivity contribution in [1.82, 2.24) is 9.29 Å². The summed E-state index contributed by atoms with van der Waals surface area (Å²) in [5.74, 6) is -0.348. The molecule has 0 saturated carbocycles. The smallest absolute Gasteiger partial charge is 0.311 e. The zero-order chi connectivity index (χ0) is 28.6. The molecule has 216 valence electrons. The normalized spacial score (nSPS) is 18.7. The van der Waals surface area contributed by atoms with Gasteiger partial charge in [0.2, 0.25) is 10.0 Å². The van der Waals surface area contributed by atoms with Gasteiger partial charge in [0, 0.05) is 37.7 Å². The minimum atomic E-state index is -3.80. The summed E-state index contributed by atoms with van der Waals surface area (Å²) in [6.45, 7) is 8.86. The molecule has 9 heteroatoms. The largest absolute Gasteiger partial charge is 0.469 e. The van der Waals surface area contributed by atoms with Crippen LogP contribution in [-0.2, 0) is 42.1 Å². The number of ether oxygens (including phenoxy) is 3. The Kier molecular flexibility index (Phi) is 11.1. The molecule has 1 fully saturated rings. The number of benzene rings is 1. The van der Waals surface area contributed by atoms with Crippen molar-refractivity contribution in [2.75, 3.05) is 27.4 Å². The van der Waals surface area contributed by atoms with Gasteiger partial charge in [0.25, 0.3) is 0 Å². The van der Waals surface area contributed by atoms with Crippen molar-refractivity contribution < 1.29 is 27.4 Å². The first kappa shape index (κ1) is 31.2. The Hall–Kier alpha value is -2.33. The third-order valence-corrected chi connectivity index (χ3v) is 9.24. The first-order valence-electron chi connectivity index (χ1n) is 13.7. The van der Waals surface area contributed by atoms with Crippen LogP contribution >= 0.6 is 0 Å². The molecule has 2 unspecified atom stereocenters. The van der Waals surface area contributed by atoms with Crippen LogP contribution in [0.15, 0.2) is 41.3 Å². The van der Waals surface area contributed by atoms with Gasteiger partial charge in [-0.05, 0) is 96.0 Å². The first-order valence-corrected chi connectivity index (χ1v) is 15.1. The van der Waals surface area contributed by atoms with E-state index in [1.54, 1.807) is 45.2 Å². The number of pyridine rings is 1. The van der Waals surface area contributed by atoms with E-state index in [9.17, 15) is 13.2 Å². The molecule has 0 spiro atoms. The van der Waals surface area contributed by atoms with Gasteiger partial charge in [-0.2, -0.15) is 4.31 Å². The van der Waals surface area contributed by atoms with E-state index in [-0.39, 0.29) is 29.6 Å². The highest BCUT2D eigenvalue weighted by atomic mass is 32.2. The van der Waals surface area contributed by atoms with E-state index in [4.69, 9.17) is 14.2 Å². The zero-order valence-corrected chi connectivity index (χ0v) is 25.1. The Morgan fingerprint density at radius 3 is 2.46 bits per heavy atom. The predicted molar refractivity (Wildman–Crippen MR) is 151 cm³/mol. The molecule has 2 atom stereocenters. The molecule has 3 rings (SSSR count). The molecule has 0 N–H and O–H groups in total. The molecule has 39 heavy (non-hydrogen) atoms. The van der Waals surface area contributed by atoms with E-state index >= 15 is 0 Å². The molecule has 0 amide bonds. The first-order chi connectivity index (χ1) is 18.5. The Morgan fingerprint density at radius 2 is 1.79 bits per heavy atom. The second-order valence-electron chi connectivity index (χ2n) is 11.2. The lowest BCUT2D eigenvalue weighted by Gasteiger charge is -2.41. The Labute approximate surface area is 234 Å². The van der Waals surface area contributed by atoms with Crippen molar-refractivity contribution in [3.05, 3.63) is 58.9 Å². The summed E-state index contributed by atoms with van der Waals surface area (Å²) in [6, 6.07) is 10.6. The minimum absolute atomic E-state index is 0.228. The maximum Gasteiger partial charge on any atom is 0.311 e. The Balaban J connectivity index is 1.76. The molecule has 1 aliphatic heterocycles. The summed E-state index contributed by atoms with van der Waals surface area (Å²) in [6.07, 6.45) is 4.27. The molecule has 0 aliphatic carbocycles. The fourth-order valence-electron chi connectivity index (χ4n) is 5.18. The number of nitrogens with zero attached hydrogens (tertiary/aromatic N) is 2. The van der Waals surface area contributed by atoms with Crippen LogP contribution in [0.3, 0.4) is 0 Å². The predicted octanol–water partition coefficient (Wildman–Crippen LogP) is 5.00. The molecule has 0 radical (unpaired) electrons. The van der Waals surface area contributed by atoms with Gasteiger partial charge in [-0.25, -0.2) is 8.42 Å². The third kappa shape index (κ3) is 8.58. The molecule has 2 aromatic rings. The van der Waals surface area contributed by atoms with Gasteiger partial charge >= 0.3 is 5.97 Å². The van der Waals surface area contributed by atoms with Crippen LogP contribution in [0.2, 0.25) is 0 Å². The van der Waals surface area contributed by atoms with Crippen LogP contribution < -0.4 is 0 Å². The third-order valence-electron chi connectivity index (χ3n) is 7.31. The summed E-state index contributed by atoms with van der Waals surface area (Å²) in [4.78, 5) is 17.3. The SMILES string of the molecule is COCCCCc1cc(COC2CCC(CC(C)(C)C(=O)OC)N(S(=O)(=O)c3ccc(C)cc3)C2)cc(C)n1. The number of aryl methyl sites for hydroxylation is 3. The highest BCUT2D eigenvalue weighted by Gasteiger charge is 2.42. The van der Waals surface area contributed by atoms with Crippen LogP contribution in [-0.4, -0.2) is 63.2 Å². The van der Waals surface area contributed by atoms with Crippen molar-refractivity contribution >= 4 is 16.0 Å². The van der Waals surface area contributed by atoms with Crippen LogP contribution in [0, 0.1) is 19.3 Å². The number of aromatic nitrogens is 1. The number of methoxy groups -OCH3 is 2. The quantitative estimate of drug-likeness (QED) is 0.251. The van der Waals surface area contributed by atoms with Crippen molar-refractivity contribution in [3.63, 3.8) is 0 Å². The molecule has 1 aliphatic rings. The van der Waals surface area contributed by atoms with E-state index < -0.39 is 15.4 Å². The lowest BCUT2D eigenvalue weighted by atomic mass is 9.83. The average Bonchev–Trinajstić information content (AvgIpc) is 2.89. The van der Waals surface area contributed by atoms with Crippen LogP contribution in [0.5, 0.6) is 0 Å². The fraction of sp³-hybridized carbons (Fsp3) is 0.600. The summed E-state index contributed by atoms with van der Waals surface area (Å²) in [7, 11) is -0.724. The number of hydrogen-bond donors (Lipinski definition) is 0. The lowest BCUT2D eigenvalue weighted by Crippen LogP contribution is -2.51. The van der Waals surface area contributed by atoms with Gasteiger partial charge in [-0.15, -0.1) is 0 Å². The standard InChI is InChI=1S/C30H44N2O6S/c1-22-10-14-28(15-11-22)39(34,35)32-20-27(13-12-26(32)19-30(3,4)29(33)37-6)38-21-24-17-23(2)31-25(18-24)9-7-8-16-36-5/h10-11,14-15,17-18,26-27H,7-9,12-13,16,19-21H2,1-6H3. The van der Waals surface area contributed by atoms with E-state index in [2.05, 4.69) is 11.1 Å². The summed E-state index contributed by atoms with van der Waals surface area (Å²) in [5.41, 5.74) is 3.17. The van der Waals surface area contributed by atoms with E-state index in [0.717, 1.165) is 48.4 Å². The van der Waals surface area contributed by atoms with Crippen molar-refractivity contribution in [3.8, 4) is 0 Å². The van der Waals surface area contributed by atoms with Crippen LogP contribution in [0.4, 0.5) is 0 Å². The van der Waals surface area contributed by atoms with Gasteiger partial charge in [0.1, 0.15) is 0 Å². The number of rotatable bonds is 13. The summed E-state index contributed by atoms with van der Waals surface area (Å²) >= 11 is 0. The maximum atomic E-state index is 13.8. The summed E-state index contributed by atoms with van der Waals surface area (Å²) in [5, 5.41) is 0. The van der Waals surface area contributed by atoms with E-state index in [1.807, 2.05) is 19.9 Å². The van der Waals surface area contributed by atoms with Crippen molar-refractivity contribution in [2.24, 2.45) is 5.41 Å². The number of unbranched alkanes of at least 4 members (excludes halogenated alkanes) is 1. The molecule has 1 saturated heterocycles. The second-order valence-corrected chi connectivity index (χ2v) is 13.1. The van der Waals surface area contributed by atoms with Gasteiger partial charge < -0.3 is 14.2 Å². The molecule has 0 bridgehead atoms. The minimum Gasteiger partial charge on any atom is -0.469 e. The molecule has 8 nitrogen and oxygen atoms in total. The van der Waals surface area contributed by atoms with Crippen LogP contribution in [0.25, 0.3) is 0 Å². The van der Waals surface area contributed by atoms with Gasteiger partial charge in [-0.3, -0.25) is 9.78 Å². The molecule has 2 heterocycles. The van der Waals surface area contributed by atoms with Gasteiger partial charge in [-0.1, -0.05) is 17.7 Å². The maximum absolute atomic E-state index is 13.8. The number of carbonyl (C=O) groups is 1. The number of sulfonamides is 1. The fourth-order valence-corrected chi connectivity index (χ4v) is 6.87. The highest BCUT2D eigenvalue weighted by molar-refractivity contribution is 7.89. The molecule has 1 aromatic carbocycles. The molecular formula is C30H44N2O6S. The van der Waals surface area contributed by atoms with Gasteiger partial charge in [0.15, 0.2) is 0 Å². The van der Waals surface area contributed by atoms with Crippen molar-refractivity contribution in [1.29, 1.82) is 0 Å². The number of hydrogen-bond acceptors (Lipinski definition) is 7. The molecule has 1 aromatic heterocycles.